The van der Waals surface area contributed by atoms with E-state index in [0.29, 0.717) is 11.5 Å². The second-order valence-electron chi connectivity index (χ2n) is 7.78. The third-order valence-corrected chi connectivity index (χ3v) is 5.57. The predicted octanol–water partition coefficient (Wildman–Crippen LogP) is 4.30. The van der Waals surface area contributed by atoms with Crippen molar-refractivity contribution in [3.05, 3.63) is 66.6 Å². The molecule has 0 spiro atoms. The first-order chi connectivity index (χ1) is 15.7. The largest absolute Gasteiger partial charge is 0.357 e. The van der Waals surface area contributed by atoms with Crippen molar-refractivity contribution in [3.8, 4) is 11.1 Å². The van der Waals surface area contributed by atoms with Crippen molar-refractivity contribution in [1.82, 2.24) is 25.1 Å². The van der Waals surface area contributed by atoms with E-state index < -0.39 is 0 Å². The Morgan fingerprint density at radius 3 is 2.91 bits per heavy atom. The molecule has 1 fully saturated rings. The molecule has 5 rings (SSSR count). The first kappa shape index (κ1) is 20.1. The van der Waals surface area contributed by atoms with Gasteiger partial charge in [-0.2, -0.15) is 5.10 Å². The molecule has 0 aliphatic carbocycles. The van der Waals surface area contributed by atoms with Gasteiger partial charge in [-0.25, -0.2) is 14.6 Å². The standard InChI is InChI=1S/C24H24N6O2/c1-25-23(31)17-5-4-6-20(12-17)28-24-26-13-18-11-16(8-9-21(18)29-24)19-14-27-30(15-19)22-7-2-3-10-32-22/h4-6,8-9,11-15,22H,2-3,7,10H2,1H3,(H,25,31)(H,26,28,29). The van der Waals surface area contributed by atoms with Crippen molar-refractivity contribution < 1.29 is 9.53 Å². The van der Waals surface area contributed by atoms with Crippen LogP contribution in [-0.2, 0) is 4.74 Å². The lowest BCUT2D eigenvalue weighted by molar-refractivity contribution is -0.0394. The average molecular weight is 428 g/mol. The first-order valence-electron chi connectivity index (χ1n) is 10.7. The lowest BCUT2D eigenvalue weighted by Gasteiger charge is -2.22. The highest BCUT2D eigenvalue weighted by Gasteiger charge is 2.17. The number of benzene rings is 2. The molecule has 8 nitrogen and oxygen atoms in total. The topological polar surface area (TPSA) is 94.0 Å². The number of aromatic nitrogens is 4. The molecule has 3 heterocycles. The average Bonchev–Trinajstić information content (AvgIpc) is 3.34. The van der Waals surface area contributed by atoms with Crippen molar-refractivity contribution in [3.63, 3.8) is 0 Å². The maximum absolute atomic E-state index is 11.9. The Bertz CT molecular complexity index is 1260. The van der Waals surface area contributed by atoms with Crippen LogP contribution in [0.15, 0.2) is 61.1 Å². The summed E-state index contributed by atoms with van der Waals surface area (Å²) < 4.78 is 7.74. The minimum absolute atomic E-state index is 0.0248. The molecule has 32 heavy (non-hydrogen) atoms. The van der Waals surface area contributed by atoms with Crippen molar-refractivity contribution in [2.45, 2.75) is 25.5 Å². The lowest BCUT2D eigenvalue weighted by atomic mass is 10.1. The fraction of sp³-hybridized carbons (Fsp3) is 0.250. The molecule has 1 aliphatic rings. The van der Waals surface area contributed by atoms with Crippen LogP contribution in [0.25, 0.3) is 22.0 Å². The van der Waals surface area contributed by atoms with Crippen molar-refractivity contribution >= 4 is 28.4 Å². The molecular weight excluding hydrogens is 404 g/mol. The second-order valence-corrected chi connectivity index (χ2v) is 7.78. The van der Waals surface area contributed by atoms with Crippen LogP contribution in [0.3, 0.4) is 0 Å². The van der Waals surface area contributed by atoms with E-state index in [1.165, 1.54) is 6.42 Å². The molecule has 1 saturated heterocycles. The Labute approximate surface area is 185 Å². The molecule has 1 atom stereocenters. The zero-order valence-corrected chi connectivity index (χ0v) is 17.8. The molecular formula is C24H24N6O2. The van der Waals surface area contributed by atoms with Gasteiger partial charge in [0.15, 0.2) is 0 Å². The van der Waals surface area contributed by atoms with Crippen LogP contribution in [0.2, 0.25) is 0 Å². The summed E-state index contributed by atoms with van der Waals surface area (Å²) in [7, 11) is 1.61. The third-order valence-electron chi connectivity index (χ3n) is 5.57. The minimum atomic E-state index is -0.140. The van der Waals surface area contributed by atoms with E-state index in [1.54, 1.807) is 25.4 Å². The van der Waals surface area contributed by atoms with Gasteiger partial charge in [-0.15, -0.1) is 0 Å². The summed E-state index contributed by atoms with van der Waals surface area (Å²) in [6, 6.07) is 13.3. The monoisotopic (exact) mass is 428 g/mol. The summed E-state index contributed by atoms with van der Waals surface area (Å²) >= 11 is 0. The number of rotatable bonds is 5. The molecule has 0 saturated carbocycles. The number of fused-ring (bicyclic) bond motifs is 1. The smallest absolute Gasteiger partial charge is 0.251 e. The SMILES string of the molecule is CNC(=O)c1cccc(Nc2ncc3cc(-c4cnn(C5CCCCO5)c4)ccc3n2)c1. The number of nitrogens with zero attached hydrogens (tertiary/aromatic N) is 4. The fourth-order valence-corrected chi connectivity index (χ4v) is 3.86. The number of ether oxygens (including phenoxy) is 1. The van der Waals surface area contributed by atoms with Crippen molar-refractivity contribution in [2.75, 3.05) is 19.0 Å². The number of amides is 1. The Balaban J connectivity index is 1.36. The van der Waals surface area contributed by atoms with Crippen LogP contribution in [0, 0.1) is 0 Å². The maximum Gasteiger partial charge on any atom is 0.251 e. The molecule has 8 heteroatoms. The van der Waals surface area contributed by atoms with Gasteiger partial charge in [-0.1, -0.05) is 12.1 Å². The van der Waals surface area contributed by atoms with Crippen LogP contribution in [0.1, 0.15) is 35.8 Å². The number of hydrogen-bond donors (Lipinski definition) is 2. The van der Waals surface area contributed by atoms with E-state index >= 15 is 0 Å². The molecule has 0 bridgehead atoms. The minimum Gasteiger partial charge on any atom is -0.357 e. The van der Waals surface area contributed by atoms with E-state index in [2.05, 4.69) is 31.8 Å². The molecule has 2 aromatic carbocycles. The van der Waals surface area contributed by atoms with Gasteiger partial charge < -0.3 is 15.4 Å². The molecule has 2 N–H and O–H groups in total. The summed E-state index contributed by atoms with van der Waals surface area (Å²) in [6.45, 7) is 0.791. The van der Waals surface area contributed by atoms with Gasteiger partial charge in [0.25, 0.3) is 5.91 Å². The first-order valence-corrected chi connectivity index (χ1v) is 10.7. The lowest BCUT2D eigenvalue weighted by Crippen LogP contribution is -2.18. The van der Waals surface area contributed by atoms with Crippen LogP contribution in [-0.4, -0.2) is 39.3 Å². The number of hydrogen-bond acceptors (Lipinski definition) is 6. The Hall–Kier alpha value is -3.78. The molecule has 1 unspecified atom stereocenters. The quantitative estimate of drug-likeness (QED) is 0.492. The van der Waals surface area contributed by atoms with Gasteiger partial charge in [0.1, 0.15) is 6.23 Å². The van der Waals surface area contributed by atoms with E-state index in [4.69, 9.17) is 4.74 Å². The highest BCUT2D eigenvalue weighted by Crippen LogP contribution is 2.27. The normalized spacial score (nSPS) is 16.1. The Morgan fingerprint density at radius 1 is 1.12 bits per heavy atom. The molecule has 2 aromatic heterocycles. The Morgan fingerprint density at radius 2 is 2.06 bits per heavy atom. The molecule has 1 amide bonds. The summed E-state index contributed by atoms with van der Waals surface area (Å²) in [6.07, 6.45) is 9.00. The van der Waals surface area contributed by atoms with Crippen LogP contribution in [0.5, 0.6) is 0 Å². The van der Waals surface area contributed by atoms with Crippen molar-refractivity contribution in [2.24, 2.45) is 0 Å². The zero-order valence-electron chi connectivity index (χ0n) is 17.8. The summed E-state index contributed by atoms with van der Waals surface area (Å²) in [5, 5.41) is 11.2. The van der Waals surface area contributed by atoms with Gasteiger partial charge >= 0.3 is 0 Å². The molecule has 1 aliphatic heterocycles. The maximum atomic E-state index is 11.9. The van der Waals surface area contributed by atoms with Gasteiger partial charge in [0.05, 0.1) is 11.7 Å². The number of nitrogens with one attached hydrogen (secondary N) is 2. The summed E-state index contributed by atoms with van der Waals surface area (Å²) in [5.41, 5.74) is 4.25. The number of carbonyl (C=O) groups excluding carboxylic acids is 1. The van der Waals surface area contributed by atoms with E-state index in [1.807, 2.05) is 41.3 Å². The second kappa shape index (κ2) is 8.76. The molecule has 162 valence electrons. The molecule has 4 aromatic rings. The number of anilines is 2. The summed E-state index contributed by atoms with van der Waals surface area (Å²) in [5.74, 6) is 0.334. The molecule has 0 radical (unpaired) electrons. The van der Waals surface area contributed by atoms with E-state index in [0.717, 1.165) is 47.2 Å². The fourth-order valence-electron chi connectivity index (χ4n) is 3.86. The van der Waals surface area contributed by atoms with E-state index in [-0.39, 0.29) is 12.1 Å². The highest BCUT2D eigenvalue weighted by atomic mass is 16.5. The van der Waals surface area contributed by atoms with Crippen LogP contribution < -0.4 is 10.6 Å². The third kappa shape index (κ3) is 4.17. The van der Waals surface area contributed by atoms with Gasteiger partial charge in [-0.05, 0) is 55.2 Å². The van der Waals surface area contributed by atoms with E-state index in [9.17, 15) is 4.79 Å². The van der Waals surface area contributed by atoms with Crippen LogP contribution >= 0.6 is 0 Å². The van der Waals surface area contributed by atoms with Gasteiger partial charge in [0, 0.05) is 48.2 Å². The Kier molecular flexibility index (Phi) is 5.51. The van der Waals surface area contributed by atoms with Crippen molar-refractivity contribution in [1.29, 1.82) is 0 Å². The zero-order chi connectivity index (χ0) is 21.9. The highest BCUT2D eigenvalue weighted by molar-refractivity contribution is 5.95. The van der Waals surface area contributed by atoms with Crippen LogP contribution in [0.4, 0.5) is 11.6 Å². The number of carbonyl (C=O) groups is 1. The predicted molar refractivity (Wildman–Crippen MR) is 123 cm³/mol. The van der Waals surface area contributed by atoms with Gasteiger partial charge in [-0.3, -0.25) is 4.79 Å². The summed E-state index contributed by atoms with van der Waals surface area (Å²) in [4.78, 5) is 20.9. The van der Waals surface area contributed by atoms with Gasteiger partial charge in [0.2, 0.25) is 5.95 Å².